The normalized spacial score (nSPS) is 20.7. The van der Waals surface area contributed by atoms with Gasteiger partial charge in [-0.2, -0.15) is 0 Å². The molecule has 2 amide bonds. The first-order valence-corrected chi connectivity index (χ1v) is 9.63. The largest absolute Gasteiger partial charge is 0.370 e. The lowest BCUT2D eigenvalue weighted by Crippen LogP contribution is -2.36. The summed E-state index contributed by atoms with van der Waals surface area (Å²) in [5, 5.41) is 2.66. The summed E-state index contributed by atoms with van der Waals surface area (Å²) in [5.74, 6) is -0.355. The minimum absolute atomic E-state index is 0.00751. The Morgan fingerprint density at radius 1 is 1.00 bits per heavy atom. The Bertz CT molecular complexity index is 698. The number of imide groups is 1. The van der Waals surface area contributed by atoms with Crippen molar-refractivity contribution in [2.75, 3.05) is 0 Å². The van der Waals surface area contributed by atoms with Crippen LogP contribution < -0.4 is 5.32 Å². The molecule has 2 fully saturated rings. The number of rotatable bonds is 3. The van der Waals surface area contributed by atoms with E-state index in [1.54, 1.807) is 0 Å². The number of carbonyl (C=O) groups is 2. The van der Waals surface area contributed by atoms with Gasteiger partial charge < -0.3 is 4.90 Å². The van der Waals surface area contributed by atoms with Crippen molar-refractivity contribution >= 4 is 17.9 Å². The van der Waals surface area contributed by atoms with E-state index in [2.05, 4.69) is 22.5 Å². The fraction of sp³-hybridized carbons (Fsp3) is 0.524. The molecule has 1 aromatic carbocycles. The molecule has 0 radical (unpaired) electrons. The maximum Gasteiger partial charge on any atom is 0.258 e. The van der Waals surface area contributed by atoms with Gasteiger partial charge in [-0.1, -0.05) is 37.8 Å². The second kappa shape index (κ2) is 7.03. The molecule has 4 rings (SSSR count). The van der Waals surface area contributed by atoms with E-state index < -0.39 is 0 Å². The zero-order valence-corrected chi connectivity index (χ0v) is 14.7. The Hall–Kier alpha value is -2.10. The Balaban J connectivity index is 1.47. The van der Waals surface area contributed by atoms with Gasteiger partial charge in [0.25, 0.3) is 5.91 Å². The molecule has 1 heterocycles. The Kier molecular flexibility index (Phi) is 4.60. The molecule has 0 atom stereocenters. The van der Waals surface area contributed by atoms with Crippen molar-refractivity contribution in [2.45, 2.75) is 64.0 Å². The van der Waals surface area contributed by atoms with Crippen molar-refractivity contribution < 1.29 is 9.59 Å². The zero-order chi connectivity index (χ0) is 17.2. The number of amides is 2. The summed E-state index contributed by atoms with van der Waals surface area (Å²) in [6.45, 7) is 0.855. The van der Waals surface area contributed by atoms with Gasteiger partial charge in [-0.15, -0.1) is 0 Å². The van der Waals surface area contributed by atoms with Crippen molar-refractivity contribution in [1.82, 2.24) is 10.2 Å². The predicted molar refractivity (Wildman–Crippen MR) is 97.7 cm³/mol. The molecule has 2 saturated carbocycles. The number of fused-ring (bicyclic) bond motifs is 1. The van der Waals surface area contributed by atoms with Crippen LogP contribution in [-0.2, 0) is 11.3 Å². The van der Waals surface area contributed by atoms with Crippen molar-refractivity contribution in [3.8, 4) is 0 Å². The lowest BCUT2D eigenvalue weighted by Gasteiger charge is -2.26. The molecule has 2 aliphatic carbocycles. The summed E-state index contributed by atoms with van der Waals surface area (Å²) in [6.07, 6.45) is 13.0. The number of hydrogen-bond acceptors (Lipinski definition) is 3. The zero-order valence-electron chi connectivity index (χ0n) is 14.7. The smallest absolute Gasteiger partial charge is 0.258 e. The third-order valence-electron chi connectivity index (χ3n) is 5.71. The van der Waals surface area contributed by atoms with Gasteiger partial charge in [0.15, 0.2) is 0 Å². The van der Waals surface area contributed by atoms with Gasteiger partial charge in [0.05, 0.1) is 0 Å². The molecular formula is C21H26N2O2. The molecule has 1 aliphatic heterocycles. The van der Waals surface area contributed by atoms with Crippen molar-refractivity contribution in [1.29, 1.82) is 0 Å². The van der Waals surface area contributed by atoms with Crippen LogP contribution in [0.1, 0.15) is 72.9 Å². The van der Waals surface area contributed by atoms with Crippen LogP contribution in [-0.4, -0.2) is 22.8 Å². The van der Waals surface area contributed by atoms with Gasteiger partial charge in [-0.05, 0) is 49.0 Å². The molecule has 3 aliphatic rings. The second-order valence-electron chi connectivity index (χ2n) is 7.60. The lowest BCUT2D eigenvalue weighted by atomic mass is 9.96. The van der Waals surface area contributed by atoms with E-state index in [0.717, 1.165) is 37.8 Å². The van der Waals surface area contributed by atoms with Crippen LogP contribution >= 0.6 is 0 Å². The summed E-state index contributed by atoms with van der Waals surface area (Å²) in [7, 11) is 0. The number of benzene rings is 1. The van der Waals surface area contributed by atoms with Gasteiger partial charge in [-0.3, -0.25) is 14.9 Å². The fourth-order valence-electron chi connectivity index (χ4n) is 4.05. The molecule has 0 spiro atoms. The summed E-state index contributed by atoms with van der Waals surface area (Å²) in [4.78, 5) is 27.5. The Morgan fingerprint density at radius 3 is 2.48 bits per heavy atom. The fourth-order valence-corrected chi connectivity index (χ4v) is 4.05. The van der Waals surface area contributed by atoms with Gasteiger partial charge in [0.1, 0.15) is 0 Å². The van der Waals surface area contributed by atoms with Gasteiger partial charge in [-0.25, -0.2) is 0 Å². The third-order valence-corrected chi connectivity index (χ3v) is 5.71. The van der Waals surface area contributed by atoms with E-state index in [1.165, 1.54) is 31.2 Å². The summed E-state index contributed by atoms with van der Waals surface area (Å²) in [6, 6.07) is 6.50. The van der Waals surface area contributed by atoms with Gasteiger partial charge in [0.2, 0.25) is 5.91 Å². The minimum atomic E-state index is -0.254. The third kappa shape index (κ3) is 3.63. The maximum atomic E-state index is 12.7. The summed E-state index contributed by atoms with van der Waals surface area (Å²) in [5.41, 5.74) is 2.75. The highest BCUT2D eigenvalue weighted by Crippen LogP contribution is 2.33. The van der Waals surface area contributed by atoms with E-state index in [4.69, 9.17) is 0 Å². The van der Waals surface area contributed by atoms with Crippen molar-refractivity contribution in [2.24, 2.45) is 5.92 Å². The Morgan fingerprint density at radius 2 is 1.76 bits per heavy atom. The van der Waals surface area contributed by atoms with Gasteiger partial charge in [0, 0.05) is 30.3 Å². The average Bonchev–Trinajstić information content (AvgIpc) is 3.47. The number of nitrogens with one attached hydrogen (secondary N) is 1. The van der Waals surface area contributed by atoms with Crippen LogP contribution in [0.3, 0.4) is 0 Å². The molecule has 1 N–H and O–H groups in total. The molecule has 132 valence electrons. The molecule has 1 aromatic rings. The molecule has 4 heteroatoms. The van der Waals surface area contributed by atoms with E-state index in [-0.39, 0.29) is 17.7 Å². The number of carbonyl (C=O) groups excluding carboxylic acids is 2. The molecule has 4 nitrogen and oxygen atoms in total. The average molecular weight is 338 g/mol. The van der Waals surface area contributed by atoms with E-state index in [9.17, 15) is 9.59 Å². The monoisotopic (exact) mass is 338 g/mol. The molecular weight excluding hydrogens is 312 g/mol. The highest BCUT2D eigenvalue weighted by Gasteiger charge is 2.30. The predicted octanol–water partition coefficient (Wildman–Crippen LogP) is 3.86. The molecule has 0 unspecified atom stereocenters. The highest BCUT2D eigenvalue weighted by molar-refractivity contribution is 6.07. The number of hydrogen-bond donors (Lipinski definition) is 1. The molecule has 0 saturated heterocycles. The van der Waals surface area contributed by atoms with Gasteiger partial charge >= 0.3 is 0 Å². The van der Waals surface area contributed by atoms with Crippen LogP contribution in [0.25, 0.3) is 6.08 Å². The van der Waals surface area contributed by atoms with Crippen LogP contribution in [0.4, 0.5) is 0 Å². The second-order valence-corrected chi connectivity index (χ2v) is 7.60. The van der Waals surface area contributed by atoms with Crippen molar-refractivity contribution in [3.05, 3.63) is 41.1 Å². The lowest BCUT2D eigenvalue weighted by molar-refractivity contribution is -0.124. The first kappa shape index (κ1) is 16.4. The van der Waals surface area contributed by atoms with Crippen molar-refractivity contribution in [3.63, 3.8) is 0 Å². The van der Waals surface area contributed by atoms with E-state index in [0.29, 0.717) is 11.6 Å². The summed E-state index contributed by atoms with van der Waals surface area (Å²) >= 11 is 0. The topological polar surface area (TPSA) is 49.4 Å². The van der Waals surface area contributed by atoms with Crippen LogP contribution in [0.15, 0.2) is 24.4 Å². The van der Waals surface area contributed by atoms with E-state index in [1.807, 2.05) is 18.2 Å². The Labute approximate surface area is 149 Å². The van der Waals surface area contributed by atoms with E-state index >= 15 is 0 Å². The summed E-state index contributed by atoms with van der Waals surface area (Å²) < 4.78 is 0. The molecule has 0 bridgehead atoms. The quantitative estimate of drug-likeness (QED) is 0.672. The minimum Gasteiger partial charge on any atom is -0.370 e. The first-order chi connectivity index (χ1) is 12.2. The van der Waals surface area contributed by atoms with Crippen LogP contribution in [0.2, 0.25) is 0 Å². The first-order valence-electron chi connectivity index (χ1n) is 9.63. The highest BCUT2D eigenvalue weighted by atomic mass is 16.2. The molecule has 25 heavy (non-hydrogen) atoms. The molecule has 0 aromatic heterocycles. The standard InChI is InChI=1S/C21H26N2O2/c24-20(15-6-3-1-2-4-7-15)22-21(25)19-9-5-8-16-14-23(17-10-11-17)13-12-18(16)19/h5,8-9,12-13,15,17H,1-4,6-7,10-11,14H2,(H,22,24,25). The maximum absolute atomic E-state index is 12.7. The van der Waals surface area contributed by atoms with Crippen LogP contribution in [0, 0.1) is 5.92 Å². The van der Waals surface area contributed by atoms with Crippen LogP contribution in [0.5, 0.6) is 0 Å². The SMILES string of the molecule is O=C(NC(=O)C1CCCCCC1)c1cccc2c1C=CN(C1CC1)C2. The number of nitrogens with zero attached hydrogens (tertiary/aromatic N) is 1.